The van der Waals surface area contributed by atoms with Crippen LogP contribution in [0.5, 0.6) is 0 Å². The third-order valence-corrected chi connectivity index (χ3v) is 6.35. The van der Waals surface area contributed by atoms with Gasteiger partial charge in [-0.1, -0.05) is 105 Å². The van der Waals surface area contributed by atoms with E-state index in [0.717, 1.165) is 0 Å². The van der Waals surface area contributed by atoms with Crippen LogP contribution in [0.1, 0.15) is 49.0 Å². The van der Waals surface area contributed by atoms with Gasteiger partial charge in [0.15, 0.2) is 0 Å². The van der Waals surface area contributed by atoms with E-state index in [1.807, 2.05) is 12.1 Å². The average molecular weight is 386 g/mol. The Morgan fingerprint density at radius 1 is 0.828 bits per heavy atom. The van der Waals surface area contributed by atoms with Crippen LogP contribution in [0.2, 0.25) is 0 Å². The Hall–Kier alpha value is -2.42. The molecular weight excluding hydrogens is 354 g/mol. The molecule has 4 rings (SSSR count). The quantitative estimate of drug-likeness (QED) is 0.590. The number of aliphatic hydroxyl groups is 1. The molecule has 0 amide bonds. The lowest BCUT2D eigenvalue weighted by molar-refractivity contribution is -0.0920. The predicted molar refractivity (Wildman–Crippen MR) is 120 cm³/mol. The molecular formula is C27H31NO. The zero-order chi connectivity index (χ0) is 20.3. The number of rotatable bonds is 5. The maximum Gasteiger partial charge on any atom is 0.0754 e. The molecule has 0 radical (unpaired) electrons. The SMILES string of the molecule is CC(C)[C@H]1[C@@H](c2ccccc2)N[C@H](c2ccccc2)C[C@]1(O)Cc1ccccc1. The molecule has 1 aliphatic rings. The zero-order valence-electron chi connectivity index (χ0n) is 17.3. The van der Waals surface area contributed by atoms with E-state index in [1.165, 1.54) is 16.7 Å². The van der Waals surface area contributed by atoms with Gasteiger partial charge in [-0.3, -0.25) is 0 Å². The molecule has 0 aliphatic carbocycles. The van der Waals surface area contributed by atoms with Crippen molar-refractivity contribution >= 4 is 0 Å². The van der Waals surface area contributed by atoms with Crippen molar-refractivity contribution in [3.05, 3.63) is 108 Å². The normalized spacial score (nSPS) is 27.1. The summed E-state index contributed by atoms with van der Waals surface area (Å²) in [6.07, 6.45) is 1.38. The Morgan fingerprint density at radius 3 is 1.90 bits per heavy atom. The van der Waals surface area contributed by atoms with Gasteiger partial charge >= 0.3 is 0 Å². The van der Waals surface area contributed by atoms with E-state index >= 15 is 0 Å². The topological polar surface area (TPSA) is 32.3 Å². The van der Waals surface area contributed by atoms with Gasteiger partial charge in [0.05, 0.1) is 5.60 Å². The molecule has 2 nitrogen and oxygen atoms in total. The molecule has 0 bridgehead atoms. The molecule has 150 valence electrons. The van der Waals surface area contributed by atoms with Crippen molar-refractivity contribution in [3.63, 3.8) is 0 Å². The summed E-state index contributed by atoms with van der Waals surface area (Å²) in [5.74, 6) is 0.461. The highest BCUT2D eigenvalue weighted by Gasteiger charge is 2.49. The summed E-state index contributed by atoms with van der Waals surface area (Å²) in [4.78, 5) is 0. The molecule has 0 unspecified atom stereocenters. The second-order valence-electron chi connectivity index (χ2n) is 8.76. The molecule has 0 aromatic heterocycles. The molecule has 2 N–H and O–H groups in total. The maximum absolute atomic E-state index is 12.2. The Kier molecular flexibility index (Phi) is 5.84. The zero-order valence-corrected chi connectivity index (χ0v) is 17.3. The Balaban J connectivity index is 1.77. The third-order valence-electron chi connectivity index (χ3n) is 6.35. The standard InChI is InChI=1S/C27H31NO/c1-20(2)25-26(23-16-10-5-11-17-23)28-24(22-14-8-4-9-15-22)19-27(25,29)18-21-12-6-3-7-13-21/h3-17,20,24-26,28-29H,18-19H2,1-2H3/t24-,25-,26+,27+/m0/s1. The van der Waals surface area contributed by atoms with Crippen LogP contribution in [-0.2, 0) is 6.42 Å². The third kappa shape index (κ3) is 4.29. The highest BCUT2D eigenvalue weighted by Crippen LogP contribution is 2.47. The van der Waals surface area contributed by atoms with Crippen LogP contribution in [0.4, 0.5) is 0 Å². The van der Waals surface area contributed by atoms with Crippen LogP contribution >= 0.6 is 0 Å². The van der Waals surface area contributed by atoms with Crippen LogP contribution in [0, 0.1) is 11.8 Å². The van der Waals surface area contributed by atoms with E-state index in [4.69, 9.17) is 0 Å². The first-order valence-electron chi connectivity index (χ1n) is 10.7. The van der Waals surface area contributed by atoms with Gasteiger partial charge in [0.2, 0.25) is 0 Å². The van der Waals surface area contributed by atoms with E-state index in [9.17, 15) is 5.11 Å². The lowest BCUT2D eigenvalue weighted by atomic mass is 9.64. The highest BCUT2D eigenvalue weighted by molar-refractivity contribution is 5.29. The second-order valence-corrected chi connectivity index (χ2v) is 8.76. The summed E-state index contributed by atoms with van der Waals surface area (Å²) >= 11 is 0. The fourth-order valence-corrected chi connectivity index (χ4v) is 5.19. The average Bonchev–Trinajstić information content (AvgIpc) is 2.74. The van der Waals surface area contributed by atoms with Gasteiger partial charge in [-0.05, 0) is 29.0 Å². The van der Waals surface area contributed by atoms with Crippen LogP contribution in [0.3, 0.4) is 0 Å². The monoisotopic (exact) mass is 385 g/mol. The van der Waals surface area contributed by atoms with E-state index < -0.39 is 5.60 Å². The summed E-state index contributed by atoms with van der Waals surface area (Å²) in [7, 11) is 0. The van der Waals surface area contributed by atoms with Crippen LogP contribution < -0.4 is 5.32 Å². The summed E-state index contributed by atoms with van der Waals surface area (Å²) in [6.45, 7) is 4.47. The molecule has 1 heterocycles. The molecule has 0 spiro atoms. The molecule has 4 atom stereocenters. The van der Waals surface area contributed by atoms with E-state index in [-0.39, 0.29) is 18.0 Å². The number of hydrogen-bond acceptors (Lipinski definition) is 2. The molecule has 1 aliphatic heterocycles. The highest BCUT2D eigenvalue weighted by atomic mass is 16.3. The summed E-state index contributed by atoms with van der Waals surface area (Å²) < 4.78 is 0. The summed E-state index contributed by atoms with van der Waals surface area (Å²) in [5.41, 5.74) is 2.89. The van der Waals surface area contributed by atoms with Crippen molar-refractivity contribution in [3.8, 4) is 0 Å². The largest absolute Gasteiger partial charge is 0.389 e. The first kappa shape index (κ1) is 19.9. The van der Waals surface area contributed by atoms with Crippen molar-refractivity contribution < 1.29 is 5.11 Å². The van der Waals surface area contributed by atoms with Crippen LogP contribution in [0.25, 0.3) is 0 Å². The van der Waals surface area contributed by atoms with Crippen LogP contribution in [-0.4, -0.2) is 10.7 Å². The second kappa shape index (κ2) is 8.52. The Morgan fingerprint density at radius 2 is 1.34 bits per heavy atom. The summed E-state index contributed by atoms with van der Waals surface area (Å²) in [5, 5.41) is 16.1. The van der Waals surface area contributed by atoms with Crippen molar-refractivity contribution in [2.24, 2.45) is 11.8 Å². The van der Waals surface area contributed by atoms with E-state index in [2.05, 4.69) is 98.0 Å². The molecule has 29 heavy (non-hydrogen) atoms. The molecule has 3 aromatic rings. The number of nitrogens with one attached hydrogen (secondary N) is 1. The predicted octanol–water partition coefficient (Wildman–Crippen LogP) is 5.71. The minimum atomic E-state index is -0.790. The van der Waals surface area contributed by atoms with E-state index in [0.29, 0.717) is 18.8 Å². The van der Waals surface area contributed by atoms with Gasteiger partial charge in [0.1, 0.15) is 0 Å². The van der Waals surface area contributed by atoms with Gasteiger partial charge < -0.3 is 10.4 Å². The lowest BCUT2D eigenvalue weighted by Gasteiger charge is -2.51. The van der Waals surface area contributed by atoms with Crippen molar-refractivity contribution in [1.82, 2.24) is 5.32 Å². The van der Waals surface area contributed by atoms with E-state index in [1.54, 1.807) is 0 Å². The van der Waals surface area contributed by atoms with Gasteiger partial charge in [0, 0.05) is 24.4 Å². The van der Waals surface area contributed by atoms with Crippen molar-refractivity contribution in [1.29, 1.82) is 0 Å². The Labute approximate surface area is 174 Å². The Bertz CT molecular complexity index is 894. The minimum Gasteiger partial charge on any atom is -0.389 e. The number of benzene rings is 3. The summed E-state index contributed by atoms with van der Waals surface area (Å²) in [6, 6.07) is 31.8. The molecule has 1 fully saturated rings. The molecule has 0 saturated carbocycles. The molecule has 2 heteroatoms. The maximum atomic E-state index is 12.2. The fourth-order valence-electron chi connectivity index (χ4n) is 5.19. The van der Waals surface area contributed by atoms with Gasteiger partial charge in [-0.2, -0.15) is 0 Å². The molecule has 1 saturated heterocycles. The van der Waals surface area contributed by atoms with Gasteiger partial charge in [-0.15, -0.1) is 0 Å². The van der Waals surface area contributed by atoms with Crippen molar-refractivity contribution in [2.75, 3.05) is 0 Å². The smallest absolute Gasteiger partial charge is 0.0754 e. The minimum absolute atomic E-state index is 0.101. The number of piperidine rings is 1. The van der Waals surface area contributed by atoms with Crippen molar-refractivity contribution in [2.45, 2.75) is 44.4 Å². The lowest BCUT2D eigenvalue weighted by Crippen LogP contribution is -2.56. The first-order valence-corrected chi connectivity index (χ1v) is 10.7. The molecule has 3 aromatic carbocycles. The number of hydrogen-bond donors (Lipinski definition) is 2. The van der Waals surface area contributed by atoms with Gasteiger partial charge in [-0.25, -0.2) is 0 Å². The van der Waals surface area contributed by atoms with Crippen LogP contribution in [0.15, 0.2) is 91.0 Å². The van der Waals surface area contributed by atoms with Gasteiger partial charge in [0.25, 0.3) is 0 Å². The fraction of sp³-hybridized carbons (Fsp3) is 0.333. The first-order chi connectivity index (χ1) is 14.1.